The zero-order valence-corrected chi connectivity index (χ0v) is 33.3. The summed E-state index contributed by atoms with van der Waals surface area (Å²) in [5.74, 6) is -3.54. The Morgan fingerprint density at radius 2 is 1.57 bits per heavy atom. The normalized spacial score (nSPS) is 24.3. The Labute approximate surface area is 338 Å². The van der Waals surface area contributed by atoms with Crippen molar-refractivity contribution in [1.29, 1.82) is 0 Å². The average Bonchev–Trinajstić information content (AvgIpc) is 3.86. The Bertz CT molecular complexity index is 1820. The summed E-state index contributed by atoms with van der Waals surface area (Å²) in [5, 5.41) is 17.6. The first-order valence-corrected chi connectivity index (χ1v) is 20.5. The van der Waals surface area contributed by atoms with E-state index < -0.39 is 71.6 Å². The number of nitrogens with one attached hydrogen (secondary N) is 7. The van der Waals surface area contributed by atoms with Crippen LogP contribution in [0.25, 0.3) is 10.9 Å². The first-order valence-electron chi connectivity index (χ1n) is 20.5. The number of aliphatic imine (C=N–C) groups is 1. The van der Waals surface area contributed by atoms with Crippen molar-refractivity contribution in [1.82, 2.24) is 41.8 Å². The first-order chi connectivity index (χ1) is 27.9. The van der Waals surface area contributed by atoms with Gasteiger partial charge in [-0.15, -0.1) is 0 Å². The smallest absolute Gasteiger partial charge is 0.245 e. The SMILES string of the molecule is CC(=O)NCC(=O)N[C@H]1CCCNC(=O)[C@H](CCCN=C(N)N)NC(=O)[C@H](Cc2c[nH]c3ccccc23)NC(=O)[C@@H](CC2CCCCC2)NC(=O)[C@@H]2CCCN2C1=O. The van der Waals surface area contributed by atoms with Gasteiger partial charge in [-0.25, -0.2) is 0 Å². The van der Waals surface area contributed by atoms with E-state index in [4.69, 9.17) is 11.5 Å². The number of carbonyl (C=O) groups excluding carboxylic acids is 7. The molecular weight excluding hydrogens is 747 g/mol. The number of aromatic amines is 1. The monoisotopic (exact) mass is 805 g/mol. The van der Waals surface area contributed by atoms with Gasteiger partial charge in [0.15, 0.2) is 5.96 Å². The fraction of sp³-hybridized carbons (Fsp3) is 0.600. The van der Waals surface area contributed by atoms with Gasteiger partial charge in [-0.1, -0.05) is 50.3 Å². The molecule has 2 saturated heterocycles. The molecule has 11 N–H and O–H groups in total. The lowest BCUT2D eigenvalue weighted by atomic mass is 9.84. The van der Waals surface area contributed by atoms with E-state index in [2.05, 4.69) is 41.9 Å². The van der Waals surface area contributed by atoms with Crippen molar-refractivity contribution in [3.63, 3.8) is 0 Å². The highest BCUT2D eigenvalue weighted by Gasteiger charge is 2.40. The number of nitrogens with zero attached hydrogens (tertiary/aromatic N) is 2. The molecule has 3 heterocycles. The van der Waals surface area contributed by atoms with Gasteiger partial charge in [-0.2, -0.15) is 0 Å². The average molecular weight is 806 g/mol. The number of amides is 7. The Balaban J connectivity index is 1.47. The van der Waals surface area contributed by atoms with E-state index in [0.29, 0.717) is 25.7 Å². The Morgan fingerprint density at radius 1 is 0.845 bits per heavy atom. The molecule has 2 aliphatic heterocycles. The van der Waals surface area contributed by atoms with E-state index in [-0.39, 0.29) is 63.7 Å². The maximum Gasteiger partial charge on any atom is 0.245 e. The maximum absolute atomic E-state index is 14.4. The molecule has 2 aromatic rings. The van der Waals surface area contributed by atoms with E-state index in [9.17, 15) is 33.6 Å². The van der Waals surface area contributed by atoms with Crippen LogP contribution < -0.4 is 43.4 Å². The number of aromatic nitrogens is 1. The van der Waals surface area contributed by atoms with Crippen molar-refractivity contribution in [3.05, 3.63) is 36.0 Å². The van der Waals surface area contributed by atoms with Crippen molar-refractivity contribution >= 4 is 58.2 Å². The van der Waals surface area contributed by atoms with Crippen LogP contribution in [0.5, 0.6) is 0 Å². The molecule has 0 unspecified atom stereocenters. The summed E-state index contributed by atoms with van der Waals surface area (Å²) in [7, 11) is 0. The van der Waals surface area contributed by atoms with Gasteiger partial charge in [0, 0.05) is 50.1 Å². The number of hydrogen-bond acceptors (Lipinski definition) is 8. The number of carbonyl (C=O) groups is 7. The lowest BCUT2D eigenvalue weighted by Crippen LogP contribution is -2.60. The predicted octanol–water partition coefficient (Wildman–Crippen LogP) is -0.289. The second-order valence-corrected chi connectivity index (χ2v) is 15.6. The van der Waals surface area contributed by atoms with Crippen molar-refractivity contribution in [2.24, 2.45) is 22.4 Å². The number of fused-ring (bicyclic) bond motifs is 2. The maximum atomic E-state index is 14.4. The lowest BCUT2D eigenvalue weighted by molar-refractivity contribution is -0.142. The molecule has 5 rings (SSSR count). The van der Waals surface area contributed by atoms with Crippen LogP contribution in [0.4, 0.5) is 0 Å². The van der Waals surface area contributed by atoms with Crippen molar-refractivity contribution in [2.75, 3.05) is 26.2 Å². The van der Waals surface area contributed by atoms with Crippen LogP contribution in [-0.4, -0.2) is 114 Å². The number of nitrogens with two attached hydrogens (primary N) is 2. The number of rotatable bonds is 11. The Kier molecular flexibility index (Phi) is 15.9. The number of H-pyrrole nitrogens is 1. The minimum absolute atomic E-state index is 0.0900. The third kappa shape index (κ3) is 12.4. The molecule has 0 spiro atoms. The molecule has 316 valence electrons. The third-order valence-electron chi connectivity index (χ3n) is 11.2. The molecule has 7 amide bonds. The Hall–Kier alpha value is -5.68. The van der Waals surface area contributed by atoms with Gasteiger partial charge in [-0.3, -0.25) is 38.6 Å². The van der Waals surface area contributed by atoms with Gasteiger partial charge in [0.2, 0.25) is 41.4 Å². The number of para-hydroxylation sites is 1. The zero-order valence-electron chi connectivity index (χ0n) is 33.3. The van der Waals surface area contributed by atoms with Gasteiger partial charge in [-0.05, 0) is 62.5 Å². The lowest BCUT2D eigenvalue weighted by Gasteiger charge is -2.32. The predicted molar refractivity (Wildman–Crippen MR) is 216 cm³/mol. The largest absolute Gasteiger partial charge is 0.370 e. The molecule has 1 aromatic heterocycles. The van der Waals surface area contributed by atoms with Gasteiger partial charge < -0.3 is 53.3 Å². The molecule has 3 aliphatic rings. The van der Waals surface area contributed by atoms with Crippen LogP contribution >= 0.6 is 0 Å². The van der Waals surface area contributed by atoms with E-state index >= 15 is 0 Å². The summed E-state index contributed by atoms with van der Waals surface area (Å²) in [4.78, 5) is 104. The summed E-state index contributed by atoms with van der Waals surface area (Å²) in [6.07, 6.45) is 8.87. The number of benzene rings is 1. The van der Waals surface area contributed by atoms with E-state index in [0.717, 1.165) is 48.6 Å². The van der Waals surface area contributed by atoms with E-state index in [1.165, 1.54) is 11.8 Å². The number of hydrogen-bond donors (Lipinski definition) is 9. The molecule has 18 nitrogen and oxygen atoms in total. The van der Waals surface area contributed by atoms with E-state index in [1.54, 1.807) is 6.20 Å². The second kappa shape index (κ2) is 21.2. The van der Waals surface area contributed by atoms with Crippen LogP contribution in [0.2, 0.25) is 0 Å². The molecule has 1 saturated carbocycles. The first kappa shape index (κ1) is 43.4. The standard InChI is InChI=1S/C40H59N11O7/c1-24(52)45-23-34(53)47-30-15-8-17-43-35(54)29(14-7-18-44-40(41)42)48-37(56)32(21-26-22-46-28-13-6-5-12-27(26)28)49-36(55)31(20-25-10-3-2-4-11-25)50-38(57)33-16-9-19-51(33)39(30)58/h5-6,12-13,22,25,29-33,46H,2-4,7-11,14-21,23H2,1H3,(H,43,54)(H,45,52)(H,47,53)(H,48,56)(H,49,55)(H,50,57)(H4,41,42,44)/t29-,30-,31+,32-,33-/m0/s1. The van der Waals surface area contributed by atoms with Gasteiger partial charge in [0.25, 0.3) is 0 Å². The molecule has 0 bridgehead atoms. The summed E-state index contributed by atoms with van der Waals surface area (Å²) < 4.78 is 0. The summed E-state index contributed by atoms with van der Waals surface area (Å²) in [6, 6.07) is 2.46. The molecule has 1 aromatic carbocycles. The Morgan fingerprint density at radius 3 is 2.33 bits per heavy atom. The van der Waals surface area contributed by atoms with Gasteiger partial charge >= 0.3 is 0 Å². The van der Waals surface area contributed by atoms with Crippen molar-refractivity contribution in [3.8, 4) is 0 Å². The number of guanidine groups is 1. The third-order valence-corrected chi connectivity index (χ3v) is 11.2. The summed E-state index contributed by atoms with van der Waals surface area (Å²) in [5.41, 5.74) is 12.7. The molecule has 0 radical (unpaired) electrons. The highest BCUT2D eigenvalue weighted by Crippen LogP contribution is 2.28. The van der Waals surface area contributed by atoms with Gasteiger partial charge in [0.05, 0.1) is 6.54 Å². The highest BCUT2D eigenvalue weighted by molar-refractivity contribution is 5.97. The topological polar surface area (TPSA) is 275 Å². The molecule has 5 atom stereocenters. The molecular formula is C40H59N11O7. The fourth-order valence-electron chi connectivity index (χ4n) is 8.15. The van der Waals surface area contributed by atoms with Crippen molar-refractivity contribution < 1.29 is 33.6 Å². The molecule has 58 heavy (non-hydrogen) atoms. The van der Waals surface area contributed by atoms with Crippen molar-refractivity contribution in [2.45, 2.75) is 121 Å². The minimum atomic E-state index is -1.13. The van der Waals surface area contributed by atoms with Crippen LogP contribution in [0.15, 0.2) is 35.5 Å². The molecule has 3 fully saturated rings. The second-order valence-electron chi connectivity index (χ2n) is 15.6. The van der Waals surface area contributed by atoms with Crippen LogP contribution in [0.1, 0.15) is 89.5 Å². The van der Waals surface area contributed by atoms with Crippen LogP contribution in [0, 0.1) is 5.92 Å². The van der Waals surface area contributed by atoms with Crippen LogP contribution in [-0.2, 0) is 40.0 Å². The zero-order chi connectivity index (χ0) is 41.6. The highest BCUT2D eigenvalue weighted by atomic mass is 16.2. The van der Waals surface area contributed by atoms with Crippen LogP contribution in [0.3, 0.4) is 0 Å². The summed E-state index contributed by atoms with van der Waals surface area (Å²) >= 11 is 0. The minimum Gasteiger partial charge on any atom is -0.370 e. The molecule has 18 heteroatoms. The fourth-order valence-corrected chi connectivity index (χ4v) is 8.15. The summed E-state index contributed by atoms with van der Waals surface area (Å²) in [6.45, 7) is 1.49. The van der Waals surface area contributed by atoms with E-state index in [1.807, 2.05) is 24.3 Å². The van der Waals surface area contributed by atoms with Gasteiger partial charge in [0.1, 0.15) is 30.2 Å². The molecule has 1 aliphatic carbocycles. The quantitative estimate of drug-likeness (QED) is 0.0819.